The lowest BCUT2D eigenvalue weighted by molar-refractivity contribution is -0.121. The Morgan fingerprint density at radius 3 is 2.00 bits per heavy atom. The molecule has 1 heterocycles. The van der Waals surface area contributed by atoms with Crippen molar-refractivity contribution in [3.63, 3.8) is 0 Å². The Morgan fingerprint density at radius 1 is 0.826 bits per heavy atom. The third-order valence-electron chi connectivity index (χ3n) is 9.60. The molecule has 0 aliphatic carbocycles. The van der Waals surface area contributed by atoms with Gasteiger partial charge < -0.3 is 14.8 Å². The number of fused-ring (bicyclic) bond motifs is 1. The summed E-state index contributed by atoms with van der Waals surface area (Å²) < 4.78 is 11.2. The Morgan fingerprint density at radius 2 is 1.39 bits per heavy atom. The zero-order chi connectivity index (χ0) is 31.5. The van der Waals surface area contributed by atoms with E-state index < -0.39 is 0 Å². The predicted molar refractivity (Wildman–Crippen MR) is 190 cm³/mol. The second-order valence-electron chi connectivity index (χ2n) is 12.2. The van der Waals surface area contributed by atoms with Crippen molar-refractivity contribution in [3.8, 4) is 11.5 Å². The predicted octanol–water partition coefficient (Wildman–Crippen LogP) is 8.34. The van der Waals surface area contributed by atoms with Gasteiger partial charge in [0.2, 0.25) is 5.91 Å². The maximum Gasteiger partial charge on any atom is 0.220 e. The summed E-state index contributed by atoms with van der Waals surface area (Å²) in [5, 5.41) is 3.20. The van der Waals surface area contributed by atoms with Crippen LogP contribution >= 0.6 is 12.4 Å². The minimum atomic E-state index is -0.134. The fraction of sp³-hybridized carbons (Fsp3) is 0.375. The summed E-state index contributed by atoms with van der Waals surface area (Å²) in [4.78, 5) is 15.3. The fourth-order valence-corrected chi connectivity index (χ4v) is 7.08. The standard InChI is InChI=1S/C40H48N2O3.ClH/c1-31-36-30-38(45-3)37(44-2)29-33(36)23-28-42(31)27-14-25-40(34-17-9-5-10-18-34,35-19-11-6-12-20-35)24-13-26-41-39(43)22-21-32-15-7-4-8-16-32;/h4-12,15-20,29-31H,13-14,21-28H2,1-3H3,(H,41,43);1H. The van der Waals surface area contributed by atoms with Crippen LogP contribution in [0, 0.1) is 0 Å². The van der Waals surface area contributed by atoms with Crippen molar-refractivity contribution in [1.29, 1.82) is 0 Å². The van der Waals surface area contributed by atoms with Gasteiger partial charge in [-0.2, -0.15) is 0 Å². The monoisotopic (exact) mass is 640 g/mol. The number of carbonyl (C=O) groups is 1. The third kappa shape index (κ3) is 8.51. The van der Waals surface area contributed by atoms with Gasteiger partial charge >= 0.3 is 0 Å². The van der Waals surface area contributed by atoms with Gasteiger partial charge in [0, 0.05) is 31.0 Å². The molecule has 0 radical (unpaired) electrons. The van der Waals surface area contributed by atoms with Gasteiger partial charge in [-0.1, -0.05) is 91.0 Å². The number of hydrogen-bond acceptors (Lipinski definition) is 4. The molecule has 1 aliphatic rings. The molecule has 46 heavy (non-hydrogen) atoms. The Labute approximate surface area is 281 Å². The number of aryl methyl sites for hydroxylation is 1. The summed E-state index contributed by atoms with van der Waals surface area (Å²) in [7, 11) is 3.41. The number of carbonyl (C=O) groups excluding carboxylic acids is 1. The van der Waals surface area contributed by atoms with Crippen LogP contribution in [0.3, 0.4) is 0 Å². The fourth-order valence-electron chi connectivity index (χ4n) is 7.08. The third-order valence-corrected chi connectivity index (χ3v) is 9.60. The van der Waals surface area contributed by atoms with Gasteiger partial charge in [-0.3, -0.25) is 9.69 Å². The average molecular weight is 641 g/mol. The molecule has 5 rings (SSSR count). The molecule has 0 saturated carbocycles. The van der Waals surface area contributed by atoms with E-state index >= 15 is 0 Å². The Hall–Kier alpha value is -3.80. The first-order valence-electron chi connectivity index (χ1n) is 16.4. The van der Waals surface area contributed by atoms with E-state index in [1.54, 1.807) is 14.2 Å². The minimum Gasteiger partial charge on any atom is -0.493 e. The highest BCUT2D eigenvalue weighted by Crippen LogP contribution is 2.42. The van der Waals surface area contributed by atoms with Crippen molar-refractivity contribution in [3.05, 3.63) is 131 Å². The molecule has 0 aromatic heterocycles. The summed E-state index contributed by atoms with van der Waals surface area (Å²) in [5.74, 6) is 1.72. The number of amides is 1. The summed E-state index contributed by atoms with van der Waals surface area (Å²) in [5.41, 5.74) is 6.45. The zero-order valence-electron chi connectivity index (χ0n) is 27.5. The van der Waals surface area contributed by atoms with E-state index in [0.29, 0.717) is 19.0 Å². The van der Waals surface area contributed by atoms with Crippen LogP contribution in [-0.4, -0.2) is 44.7 Å². The average Bonchev–Trinajstić information content (AvgIpc) is 3.10. The Kier molecular flexibility index (Phi) is 13.1. The molecule has 4 aromatic rings. The summed E-state index contributed by atoms with van der Waals surface area (Å²) in [6.07, 6.45) is 6.27. The summed E-state index contributed by atoms with van der Waals surface area (Å²) in [6.45, 7) is 5.04. The number of benzene rings is 4. The van der Waals surface area contributed by atoms with Gasteiger partial charge in [0.1, 0.15) is 0 Å². The minimum absolute atomic E-state index is 0. The van der Waals surface area contributed by atoms with Gasteiger partial charge in [0.05, 0.1) is 14.2 Å². The van der Waals surface area contributed by atoms with Gasteiger partial charge in [-0.25, -0.2) is 0 Å². The number of hydrogen-bond donors (Lipinski definition) is 1. The smallest absolute Gasteiger partial charge is 0.220 e. The molecule has 5 nitrogen and oxygen atoms in total. The molecule has 0 fully saturated rings. The number of ether oxygens (including phenoxy) is 2. The van der Waals surface area contributed by atoms with E-state index in [9.17, 15) is 4.79 Å². The van der Waals surface area contributed by atoms with Crippen LogP contribution < -0.4 is 14.8 Å². The largest absolute Gasteiger partial charge is 0.493 e. The van der Waals surface area contributed by atoms with Crippen molar-refractivity contribution in [1.82, 2.24) is 10.2 Å². The molecule has 0 saturated heterocycles. The first-order valence-corrected chi connectivity index (χ1v) is 16.4. The van der Waals surface area contributed by atoms with E-state index in [2.05, 4.69) is 102 Å². The molecule has 1 amide bonds. The van der Waals surface area contributed by atoms with E-state index in [4.69, 9.17) is 9.47 Å². The lowest BCUT2D eigenvalue weighted by atomic mass is 9.68. The zero-order valence-corrected chi connectivity index (χ0v) is 28.4. The SMILES string of the molecule is COc1cc2c(cc1OC)C(C)N(CCCC(CCCNC(=O)CCc1ccccc1)(c1ccccc1)c1ccccc1)CC2.Cl. The molecule has 244 valence electrons. The first kappa shape index (κ1) is 35.1. The molecule has 1 unspecified atom stereocenters. The number of nitrogens with one attached hydrogen (secondary N) is 1. The van der Waals surface area contributed by atoms with Gasteiger partial charge in [0.25, 0.3) is 0 Å². The van der Waals surface area contributed by atoms with E-state index in [0.717, 1.165) is 63.1 Å². The molecular formula is C40H49ClN2O3. The molecule has 1 N–H and O–H groups in total. The molecular weight excluding hydrogens is 592 g/mol. The molecule has 6 heteroatoms. The highest BCUT2D eigenvalue weighted by Gasteiger charge is 2.34. The lowest BCUT2D eigenvalue weighted by Gasteiger charge is -2.39. The van der Waals surface area contributed by atoms with Crippen molar-refractivity contribution in [2.24, 2.45) is 0 Å². The number of nitrogens with zero attached hydrogens (tertiary/aromatic N) is 1. The molecule has 1 atom stereocenters. The first-order chi connectivity index (χ1) is 22.0. The normalized spacial score (nSPS) is 14.5. The maximum atomic E-state index is 12.7. The van der Waals surface area contributed by atoms with Crippen LogP contribution in [0.1, 0.15) is 72.9 Å². The van der Waals surface area contributed by atoms with Crippen molar-refractivity contribution in [2.75, 3.05) is 33.9 Å². The van der Waals surface area contributed by atoms with Crippen LogP contribution in [0.25, 0.3) is 0 Å². The van der Waals surface area contributed by atoms with Gasteiger partial charge in [-0.05, 0) is 91.9 Å². The van der Waals surface area contributed by atoms with Crippen molar-refractivity contribution in [2.45, 2.75) is 63.3 Å². The van der Waals surface area contributed by atoms with Crippen LogP contribution in [0.2, 0.25) is 0 Å². The van der Waals surface area contributed by atoms with E-state index in [-0.39, 0.29) is 23.7 Å². The van der Waals surface area contributed by atoms with Crippen molar-refractivity contribution < 1.29 is 14.3 Å². The van der Waals surface area contributed by atoms with Crippen LogP contribution in [0.4, 0.5) is 0 Å². The molecule has 1 aliphatic heterocycles. The maximum absolute atomic E-state index is 12.7. The van der Waals surface area contributed by atoms with Crippen LogP contribution in [0.5, 0.6) is 11.5 Å². The number of rotatable bonds is 15. The second-order valence-corrected chi connectivity index (χ2v) is 12.2. The quantitative estimate of drug-likeness (QED) is 0.133. The Balaban J connectivity index is 0.00000480. The lowest BCUT2D eigenvalue weighted by Crippen LogP contribution is -2.36. The van der Waals surface area contributed by atoms with E-state index in [1.165, 1.54) is 27.8 Å². The molecule has 0 spiro atoms. The Bertz CT molecular complexity index is 1460. The highest BCUT2D eigenvalue weighted by atomic mass is 35.5. The van der Waals surface area contributed by atoms with Crippen molar-refractivity contribution >= 4 is 18.3 Å². The molecule has 0 bridgehead atoms. The van der Waals surface area contributed by atoms with E-state index in [1.807, 2.05) is 18.2 Å². The summed E-state index contributed by atoms with van der Waals surface area (Å²) >= 11 is 0. The van der Waals surface area contributed by atoms with Crippen LogP contribution in [0.15, 0.2) is 103 Å². The van der Waals surface area contributed by atoms with Gasteiger partial charge in [0.15, 0.2) is 11.5 Å². The second kappa shape index (κ2) is 17.2. The number of halogens is 1. The highest BCUT2D eigenvalue weighted by molar-refractivity contribution is 5.85. The van der Waals surface area contributed by atoms with Crippen LogP contribution in [-0.2, 0) is 23.1 Å². The van der Waals surface area contributed by atoms with Gasteiger partial charge in [-0.15, -0.1) is 12.4 Å². The summed E-state index contributed by atoms with van der Waals surface area (Å²) in [6, 6.07) is 36.8. The topological polar surface area (TPSA) is 50.8 Å². The number of methoxy groups -OCH3 is 2. The molecule has 4 aromatic carbocycles.